The van der Waals surface area contributed by atoms with Gasteiger partial charge in [-0.1, -0.05) is 40.5 Å². The fourth-order valence-corrected chi connectivity index (χ4v) is 0.500. The Bertz CT molecular complexity index is 48.8. The second-order valence-corrected chi connectivity index (χ2v) is 3.26. The molecule has 0 radical (unpaired) electrons. The topological polar surface area (TPSA) is 20.2 Å². The second kappa shape index (κ2) is 12.6. The van der Waals surface area contributed by atoms with Crippen LogP contribution in [0.15, 0.2) is 0 Å². The predicted molar refractivity (Wildman–Crippen MR) is 51.7 cm³/mol. The largest absolute Gasteiger partial charge is 0.396 e. The zero-order valence-electron chi connectivity index (χ0n) is 8.56. The van der Waals surface area contributed by atoms with E-state index in [2.05, 4.69) is 27.7 Å². The van der Waals surface area contributed by atoms with Crippen LogP contribution >= 0.6 is 0 Å². The minimum Gasteiger partial charge on any atom is -0.396 e. The van der Waals surface area contributed by atoms with Crippen molar-refractivity contribution in [3.8, 4) is 0 Å². The third-order valence-electron chi connectivity index (χ3n) is 1.44. The van der Waals surface area contributed by atoms with Crippen molar-refractivity contribution in [1.29, 1.82) is 0 Å². The summed E-state index contributed by atoms with van der Waals surface area (Å²) >= 11 is 0. The molecule has 1 nitrogen and oxygen atoms in total. The maximum absolute atomic E-state index is 8.32. The minimum atomic E-state index is 0.345. The molecule has 0 bridgehead atoms. The molecule has 0 saturated heterocycles. The van der Waals surface area contributed by atoms with Crippen LogP contribution in [-0.2, 0) is 0 Å². The first-order chi connectivity index (χ1) is 5.18. The first-order valence-corrected chi connectivity index (χ1v) is 4.79. The summed E-state index contributed by atoms with van der Waals surface area (Å²) in [5, 5.41) is 8.32. The molecule has 0 spiro atoms. The average Bonchev–Trinajstić information content (AvgIpc) is 2.01. The molecule has 0 heterocycles. The molecule has 0 rings (SSSR count). The van der Waals surface area contributed by atoms with Gasteiger partial charge in [-0.2, -0.15) is 0 Å². The monoisotopic (exact) mass is 160 g/mol. The average molecular weight is 160 g/mol. The normalized spacial score (nSPS) is 9.27. The molecule has 0 amide bonds. The van der Waals surface area contributed by atoms with E-state index in [0.29, 0.717) is 6.61 Å². The van der Waals surface area contributed by atoms with Crippen molar-refractivity contribution in [3.05, 3.63) is 0 Å². The van der Waals surface area contributed by atoms with Crippen LogP contribution < -0.4 is 0 Å². The van der Waals surface area contributed by atoms with Gasteiger partial charge >= 0.3 is 0 Å². The van der Waals surface area contributed by atoms with E-state index in [9.17, 15) is 0 Å². The molecule has 0 aromatic rings. The van der Waals surface area contributed by atoms with Gasteiger partial charge in [0, 0.05) is 6.61 Å². The maximum Gasteiger partial charge on any atom is 0.0431 e. The third kappa shape index (κ3) is 25.7. The Balaban J connectivity index is 0. The molecule has 0 aromatic heterocycles. The number of rotatable bonds is 4. The van der Waals surface area contributed by atoms with Gasteiger partial charge in [0.1, 0.15) is 0 Å². The molecule has 1 N–H and O–H groups in total. The summed E-state index contributed by atoms with van der Waals surface area (Å²) in [6.45, 7) is 9.03. The van der Waals surface area contributed by atoms with E-state index < -0.39 is 0 Å². The molecule has 0 atom stereocenters. The summed E-state index contributed by atoms with van der Waals surface area (Å²) in [5.41, 5.74) is 0. The Kier molecular flexibility index (Phi) is 15.5. The SMILES string of the molecule is CC(C)CCCO.CCCC. The fourth-order valence-electron chi connectivity index (χ4n) is 0.500. The molecule has 0 aliphatic carbocycles. The first kappa shape index (κ1) is 13.5. The number of aliphatic hydroxyl groups is 1. The number of hydrogen-bond acceptors (Lipinski definition) is 1. The molecule has 0 saturated carbocycles. The van der Waals surface area contributed by atoms with Crippen molar-refractivity contribution >= 4 is 0 Å². The second-order valence-electron chi connectivity index (χ2n) is 3.26. The molecule has 70 valence electrons. The maximum atomic E-state index is 8.32. The van der Waals surface area contributed by atoms with Crippen LogP contribution in [0.4, 0.5) is 0 Å². The molecule has 0 unspecified atom stereocenters. The highest BCUT2D eigenvalue weighted by atomic mass is 16.2. The lowest BCUT2D eigenvalue weighted by Gasteiger charge is -1.98. The van der Waals surface area contributed by atoms with Gasteiger partial charge in [-0.3, -0.25) is 0 Å². The van der Waals surface area contributed by atoms with E-state index >= 15 is 0 Å². The molecular weight excluding hydrogens is 136 g/mol. The van der Waals surface area contributed by atoms with E-state index in [1.165, 1.54) is 12.8 Å². The number of hydrogen-bond donors (Lipinski definition) is 1. The quantitative estimate of drug-likeness (QED) is 0.669. The molecule has 11 heavy (non-hydrogen) atoms. The van der Waals surface area contributed by atoms with Crippen LogP contribution in [0.2, 0.25) is 0 Å². The summed E-state index contributed by atoms with van der Waals surface area (Å²) in [5.74, 6) is 0.743. The highest BCUT2D eigenvalue weighted by Crippen LogP contribution is 2.00. The zero-order chi connectivity index (χ0) is 9.11. The van der Waals surface area contributed by atoms with Crippen molar-refractivity contribution in [1.82, 2.24) is 0 Å². The molecule has 0 fully saturated rings. The molecule has 1 heteroatoms. The van der Waals surface area contributed by atoms with Crippen LogP contribution in [0.25, 0.3) is 0 Å². The Morgan fingerprint density at radius 1 is 1.09 bits per heavy atom. The van der Waals surface area contributed by atoms with E-state index in [1.54, 1.807) is 0 Å². The summed E-state index contributed by atoms with van der Waals surface area (Å²) < 4.78 is 0. The van der Waals surface area contributed by atoms with Crippen molar-refractivity contribution in [2.45, 2.75) is 53.4 Å². The van der Waals surface area contributed by atoms with Crippen LogP contribution in [-0.4, -0.2) is 11.7 Å². The molecule has 0 aliphatic heterocycles. The predicted octanol–water partition coefficient (Wildman–Crippen LogP) is 3.22. The van der Waals surface area contributed by atoms with Gasteiger partial charge in [0.2, 0.25) is 0 Å². The highest BCUT2D eigenvalue weighted by molar-refractivity contribution is 4.42. The lowest BCUT2D eigenvalue weighted by Crippen LogP contribution is -1.89. The van der Waals surface area contributed by atoms with E-state index in [-0.39, 0.29) is 0 Å². The third-order valence-corrected chi connectivity index (χ3v) is 1.44. The van der Waals surface area contributed by atoms with Gasteiger partial charge in [-0.25, -0.2) is 0 Å². The summed E-state index contributed by atoms with van der Waals surface area (Å²) in [4.78, 5) is 0. The standard InChI is InChI=1S/C6H14O.C4H10/c1-6(2)4-3-5-7;1-3-4-2/h6-7H,3-5H2,1-2H3;3-4H2,1-2H3. The first-order valence-electron chi connectivity index (χ1n) is 4.79. The smallest absolute Gasteiger partial charge is 0.0431 e. The van der Waals surface area contributed by atoms with Gasteiger partial charge in [-0.05, 0) is 18.8 Å². The van der Waals surface area contributed by atoms with Gasteiger partial charge in [-0.15, -0.1) is 0 Å². The van der Waals surface area contributed by atoms with Crippen molar-refractivity contribution in [3.63, 3.8) is 0 Å². The van der Waals surface area contributed by atoms with Crippen LogP contribution in [0.3, 0.4) is 0 Å². The van der Waals surface area contributed by atoms with Crippen LogP contribution in [0.5, 0.6) is 0 Å². The summed E-state index contributed by atoms with van der Waals surface area (Å²) in [7, 11) is 0. The molecule has 0 aromatic carbocycles. The van der Waals surface area contributed by atoms with Crippen LogP contribution in [0, 0.1) is 5.92 Å². The zero-order valence-corrected chi connectivity index (χ0v) is 8.56. The lowest BCUT2D eigenvalue weighted by atomic mass is 10.1. The summed E-state index contributed by atoms with van der Waals surface area (Å²) in [6.07, 6.45) is 4.74. The number of aliphatic hydroxyl groups excluding tert-OH is 1. The van der Waals surface area contributed by atoms with Crippen molar-refractivity contribution in [2.75, 3.05) is 6.61 Å². The highest BCUT2D eigenvalue weighted by Gasteiger charge is 1.89. The van der Waals surface area contributed by atoms with Gasteiger partial charge in [0.05, 0.1) is 0 Å². The van der Waals surface area contributed by atoms with E-state index in [1.807, 2.05) is 0 Å². The minimum absolute atomic E-state index is 0.345. The van der Waals surface area contributed by atoms with Gasteiger partial charge in [0.15, 0.2) is 0 Å². The lowest BCUT2D eigenvalue weighted by molar-refractivity contribution is 0.276. The van der Waals surface area contributed by atoms with Crippen LogP contribution in [0.1, 0.15) is 53.4 Å². The number of unbranched alkanes of at least 4 members (excludes halogenated alkanes) is 1. The van der Waals surface area contributed by atoms with Crippen molar-refractivity contribution in [2.24, 2.45) is 5.92 Å². The Morgan fingerprint density at radius 3 is 1.64 bits per heavy atom. The fraction of sp³-hybridized carbons (Fsp3) is 1.00. The summed E-state index contributed by atoms with van der Waals surface area (Å²) in [6, 6.07) is 0. The van der Waals surface area contributed by atoms with E-state index in [0.717, 1.165) is 18.8 Å². The molecular formula is C10H24O. The Morgan fingerprint density at radius 2 is 1.55 bits per heavy atom. The Hall–Kier alpha value is -0.0400. The Labute approximate surface area is 71.8 Å². The van der Waals surface area contributed by atoms with Gasteiger partial charge in [0.25, 0.3) is 0 Å². The molecule has 0 aliphatic rings. The van der Waals surface area contributed by atoms with E-state index in [4.69, 9.17) is 5.11 Å². The van der Waals surface area contributed by atoms with Crippen molar-refractivity contribution < 1.29 is 5.11 Å². The van der Waals surface area contributed by atoms with Gasteiger partial charge < -0.3 is 5.11 Å².